The number of carbonyl (C=O) groups is 1. The van der Waals surface area contributed by atoms with Crippen molar-refractivity contribution in [2.24, 2.45) is 0 Å². The Labute approximate surface area is 132 Å². The summed E-state index contributed by atoms with van der Waals surface area (Å²) in [6, 6.07) is 9.33. The van der Waals surface area contributed by atoms with Gasteiger partial charge in [-0.15, -0.1) is 21.5 Å². The van der Waals surface area contributed by atoms with Gasteiger partial charge in [0.2, 0.25) is 0 Å². The van der Waals surface area contributed by atoms with Crippen molar-refractivity contribution in [3.63, 3.8) is 0 Å². The van der Waals surface area contributed by atoms with Crippen LogP contribution in [0.15, 0.2) is 40.2 Å². The first-order chi connectivity index (χ1) is 10.1. The minimum absolute atomic E-state index is 0.0654. The molecule has 0 aliphatic heterocycles. The molecule has 0 saturated carbocycles. The molecule has 0 bridgehead atoms. The molecule has 0 spiro atoms. The van der Waals surface area contributed by atoms with Crippen LogP contribution in [0.2, 0.25) is 0 Å². The molecule has 0 amide bonds. The van der Waals surface area contributed by atoms with Gasteiger partial charge in [0.05, 0.1) is 11.2 Å². The van der Waals surface area contributed by atoms with Crippen LogP contribution in [0.1, 0.15) is 15.4 Å². The third-order valence-electron chi connectivity index (χ3n) is 2.93. The summed E-state index contributed by atoms with van der Waals surface area (Å²) < 4.78 is 1.01. The number of benzene rings is 1. The monoisotopic (exact) mass is 363 g/mol. The van der Waals surface area contributed by atoms with Gasteiger partial charge in [0.1, 0.15) is 0 Å². The van der Waals surface area contributed by atoms with Crippen molar-refractivity contribution in [3.8, 4) is 0 Å². The Kier molecular flexibility index (Phi) is 3.85. The highest BCUT2D eigenvalue weighted by molar-refractivity contribution is 9.10. The van der Waals surface area contributed by atoms with E-state index in [1.54, 1.807) is 17.4 Å². The number of thiophene rings is 1. The summed E-state index contributed by atoms with van der Waals surface area (Å²) >= 11 is 5.00. The van der Waals surface area contributed by atoms with Crippen molar-refractivity contribution >= 4 is 49.8 Å². The number of carboxylic acid groups (broad SMARTS) is 1. The lowest BCUT2D eigenvalue weighted by atomic mass is 10.1. The lowest BCUT2D eigenvalue weighted by molar-refractivity contribution is 0.0690. The first-order valence-corrected chi connectivity index (χ1v) is 7.78. The van der Waals surface area contributed by atoms with E-state index in [9.17, 15) is 9.90 Å². The third kappa shape index (κ3) is 2.88. The van der Waals surface area contributed by atoms with E-state index in [2.05, 4.69) is 31.4 Å². The SMILES string of the molecule is O=C(O)c1nnc2ccccc2c1NCc1cc(Br)cs1. The van der Waals surface area contributed by atoms with Crippen LogP contribution in [-0.2, 0) is 6.54 Å². The Morgan fingerprint density at radius 2 is 2.14 bits per heavy atom. The second-order valence-electron chi connectivity index (χ2n) is 4.33. The van der Waals surface area contributed by atoms with E-state index in [1.807, 2.05) is 29.6 Å². The molecule has 21 heavy (non-hydrogen) atoms. The van der Waals surface area contributed by atoms with Gasteiger partial charge in [-0.25, -0.2) is 4.79 Å². The van der Waals surface area contributed by atoms with Gasteiger partial charge >= 0.3 is 5.97 Å². The predicted octanol–water partition coefficient (Wildman–Crippen LogP) is 3.76. The van der Waals surface area contributed by atoms with Crippen molar-refractivity contribution < 1.29 is 9.90 Å². The van der Waals surface area contributed by atoms with Crippen LogP contribution in [-0.4, -0.2) is 21.3 Å². The zero-order valence-corrected chi connectivity index (χ0v) is 13.1. The van der Waals surface area contributed by atoms with Crippen LogP contribution in [0.5, 0.6) is 0 Å². The zero-order valence-electron chi connectivity index (χ0n) is 10.7. The average molecular weight is 364 g/mol. The number of anilines is 1. The number of halogens is 1. The van der Waals surface area contributed by atoms with E-state index in [0.717, 1.165) is 14.7 Å². The van der Waals surface area contributed by atoms with E-state index < -0.39 is 5.97 Å². The summed E-state index contributed by atoms with van der Waals surface area (Å²) in [7, 11) is 0. The average Bonchev–Trinajstić information content (AvgIpc) is 2.90. The molecule has 0 fully saturated rings. The van der Waals surface area contributed by atoms with Crippen molar-refractivity contribution in [1.82, 2.24) is 10.2 Å². The Balaban J connectivity index is 2.01. The van der Waals surface area contributed by atoms with Gasteiger partial charge < -0.3 is 10.4 Å². The lowest BCUT2D eigenvalue weighted by Gasteiger charge is -2.10. The molecule has 0 aliphatic rings. The summed E-state index contributed by atoms with van der Waals surface area (Å²) in [4.78, 5) is 12.4. The number of fused-ring (bicyclic) bond motifs is 1. The Morgan fingerprint density at radius 1 is 1.33 bits per heavy atom. The summed E-state index contributed by atoms with van der Waals surface area (Å²) in [5, 5.41) is 22.9. The van der Waals surface area contributed by atoms with E-state index >= 15 is 0 Å². The first kappa shape index (κ1) is 14.0. The van der Waals surface area contributed by atoms with Gasteiger partial charge in [-0.3, -0.25) is 0 Å². The summed E-state index contributed by atoms with van der Waals surface area (Å²) in [5.41, 5.74) is 1.10. The Morgan fingerprint density at radius 3 is 2.86 bits per heavy atom. The molecular weight excluding hydrogens is 354 g/mol. The van der Waals surface area contributed by atoms with Crippen molar-refractivity contribution in [2.45, 2.75) is 6.54 Å². The van der Waals surface area contributed by atoms with Gasteiger partial charge in [0.25, 0.3) is 0 Å². The zero-order chi connectivity index (χ0) is 14.8. The molecule has 2 N–H and O–H groups in total. The quantitative estimate of drug-likeness (QED) is 0.737. The maximum Gasteiger partial charge on any atom is 0.358 e. The molecule has 2 aromatic heterocycles. The second-order valence-corrected chi connectivity index (χ2v) is 6.24. The molecule has 106 valence electrons. The van der Waals surface area contributed by atoms with Gasteiger partial charge in [-0.2, -0.15) is 0 Å². The van der Waals surface area contributed by atoms with Crippen LogP contribution >= 0.6 is 27.3 Å². The highest BCUT2D eigenvalue weighted by Gasteiger charge is 2.16. The molecule has 0 unspecified atom stereocenters. The molecule has 0 atom stereocenters. The Bertz CT molecular complexity index is 819. The predicted molar refractivity (Wildman–Crippen MR) is 85.8 cm³/mol. The first-order valence-electron chi connectivity index (χ1n) is 6.10. The highest BCUT2D eigenvalue weighted by Crippen LogP contribution is 2.26. The van der Waals surface area contributed by atoms with Gasteiger partial charge in [0, 0.05) is 26.7 Å². The molecule has 0 saturated heterocycles. The Hall–Kier alpha value is -1.99. The number of nitrogens with one attached hydrogen (secondary N) is 1. The number of nitrogens with zero attached hydrogens (tertiary/aromatic N) is 2. The van der Waals surface area contributed by atoms with Crippen LogP contribution < -0.4 is 5.32 Å². The standard InChI is InChI=1S/C14H10BrN3O2S/c15-8-5-9(21-7-8)6-16-12-10-3-1-2-4-11(10)17-18-13(12)14(19)20/h1-5,7H,6H2,(H,16,17)(H,19,20). The molecule has 1 aromatic carbocycles. The van der Waals surface area contributed by atoms with Crippen LogP contribution in [0, 0.1) is 0 Å². The van der Waals surface area contributed by atoms with Crippen LogP contribution in [0.4, 0.5) is 5.69 Å². The molecule has 7 heteroatoms. The lowest BCUT2D eigenvalue weighted by Crippen LogP contribution is -2.10. The molecule has 2 heterocycles. The number of aromatic carboxylic acids is 1. The largest absolute Gasteiger partial charge is 0.476 e. The highest BCUT2D eigenvalue weighted by atomic mass is 79.9. The van der Waals surface area contributed by atoms with E-state index in [1.165, 1.54) is 0 Å². The van der Waals surface area contributed by atoms with Crippen LogP contribution in [0.25, 0.3) is 10.9 Å². The number of rotatable bonds is 4. The number of aromatic nitrogens is 2. The van der Waals surface area contributed by atoms with Gasteiger partial charge in [-0.05, 0) is 28.1 Å². The number of hydrogen-bond acceptors (Lipinski definition) is 5. The maximum absolute atomic E-state index is 11.3. The van der Waals surface area contributed by atoms with E-state index in [0.29, 0.717) is 17.7 Å². The third-order valence-corrected chi connectivity index (χ3v) is 4.63. The molecule has 3 rings (SSSR count). The van der Waals surface area contributed by atoms with Gasteiger partial charge in [-0.1, -0.05) is 18.2 Å². The molecular formula is C14H10BrN3O2S. The van der Waals surface area contributed by atoms with Gasteiger partial charge in [0.15, 0.2) is 5.69 Å². The van der Waals surface area contributed by atoms with Crippen molar-refractivity contribution in [2.75, 3.05) is 5.32 Å². The van der Waals surface area contributed by atoms with Crippen molar-refractivity contribution in [3.05, 3.63) is 50.8 Å². The topological polar surface area (TPSA) is 75.1 Å². The minimum Gasteiger partial charge on any atom is -0.476 e. The summed E-state index contributed by atoms with van der Waals surface area (Å²) in [6.07, 6.45) is 0. The molecule has 3 aromatic rings. The fourth-order valence-corrected chi connectivity index (χ4v) is 3.40. The second kappa shape index (κ2) is 5.79. The molecule has 5 nitrogen and oxygen atoms in total. The summed E-state index contributed by atoms with van der Waals surface area (Å²) in [5.74, 6) is -1.09. The van der Waals surface area contributed by atoms with E-state index in [-0.39, 0.29) is 5.69 Å². The smallest absolute Gasteiger partial charge is 0.358 e. The number of hydrogen-bond donors (Lipinski definition) is 2. The fraction of sp³-hybridized carbons (Fsp3) is 0.0714. The van der Waals surface area contributed by atoms with E-state index in [4.69, 9.17) is 0 Å². The molecule has 0 aliphatic carbocycles. The maximum atomic E-state index is 11.3. The minimum atomic E-state index is -1.09. The van der Waals surface area contributed by atoms with Crippen molar-refractivity contribution in [1.29, 1.82) is 0 Å². The van der Waals surface area contributed by atoms with Crippen LogP contribution in [0.3, 0.4) is 0 Å². The summed E-state index contributed by atoms with van der Waals surface area (Å²) in [6.45, 7) is 0.534. The number of carboxylic acids is 1. The molecule has 0 radical (unpaired) electrons. The fourth-order valence-electron chi connectivity index (χ4n) is 2.00. The normalized spacial score (nSPS) is 10.7.